The summed E-state index contributed by atoms with van der Waals surface area (Å²) in [6.07, 6.45) is -2.12. The molecule has 0 aliphatic rings. The molecule has 1 N–H and O–H groups in total. The summed E-state index contributed by atoms with van der Waals surface area (Å²) in [7, 11) is 0. The van der Waals surface area contributed by atoms with Crippen LogP contribution in [0.3, 0.4) is 0 Å². The fraction of sp³-hybridized carbons (Fsp3) is 0.692. The minimum atomic E-state index is -4.37. The number of halogens is 3. The smallest absolute Gasteiger partial charge is 0.422 e. The molecule has 4 nitrogen and oxygen atoms in total. The van der Waals surface area contributed by atoms with E-state index in [1.54, 1.807) is 0 Å². The average Bonchev–Trinajstić information content (AvgIpc) is 2.36. The minimum absolute atomic E-state index is 0.0790. The summed E-state index contributed by atoms with van der Waals surface area (Å²) >= 11 is 0. The van der Waals surface area contributed by atoms with Crippen molar-refractivity contribution in [3.05, 3.63) is 17.7 Å². The lowest BCUT2D eigenvalue weighted by atomic mass is 10.2. The zero-order valence-corrected chi connectivity index (χ0v) is 11.9. The van der Waals surface area contributed by atoms with Gasteiger partial charge in [0.05, 0.1) is 11.9 Å². The van der Waals surface area contributed by atoms with Crippen molar-refractivity contribution in [3.8, 4) is 5.75 Å². The van der Waals surface area contributed by atoms with Crippen LogP contribution in [0, 0.1) is 0 Å². The Labute approximate surface area is 116 Å². The van der Waals surface area contributed by atoms with Gasteiger partial charge in [-0.25, -0.2) is 9.97 Å². The van der Waals surface area contributed by atoms with Crippen LogP contribution in [0.15, 0.2) is 6.20 Å². The molecule has 0 atom stereocenters. The maximum absolute atomic E-state index is 12.2. The first kappa shape index (κ1) is 16.7. The van der Waals surface area contributed by atoms with E-state index in [0.29, 0.717) is 18.1 Å². The maximum atomic E-state index is 12.2. The number of hydrogen-bond donors (Lipinski definition) is 1. The normalized spacial score (nSPS) is 11.9. The Hall–Kier alpha value is -1.37. The number of nitrogens with zero attached hydrogens (tertiary/aromatic N) is 2. The Bertz CT molecular complexity index is 422. The predicted octanol–water partition coefficient (Wildman–Crippen LogP) is 3.04. The molecule has 1 rings (SSSR count). The quantitative estimate of drug-likeness (QED) is 0.784. The second-order valence-electron chi connectivity index (χ2n) is 4.77. The largest absolute Gasteiger partial charge is 0.481 e. The van der Waals surface area contributed by atoms with Gasteiger partial charge >= 0.3 is 6.18 Å². The molecule has 7 heteroatoms. The van der Waals surface area contributed by atoms with Crippen LogP contribution in [0.4, 0.5) is 13.2 Å². The molecular formula is C13H20F3N3O. The standard InChI is InChI=1S/C13H20F3N3O/c1-4-5-17-6-10-11(20-8-13(14,15)16)7-18-12(19-10)9(2)3/h7,9,17H,4-6,8H2,1-3H3. The van der Waals surface area contributed by atoms with Crippen LogP contribution in [-0.4, -0.2) is 29.3 Å². The summed E-state index contributed by atoms with van der Waals surface area (Å²) in [4.78, 5) is 8.32. The lowest BCUT2D eigenvalue weighted by Gasteiger charge is -2.14. The molecule has 0 amide bonds. The number of aromatic nitrogens is 2. The molecule has 0 radical (unpaired) electrons. The average molecular weight is 291 g/mol. The van der Waals surface area contributed by atoms with Crippen LogP contribution in [0.5, 0.6) is 5.75 Å². The molecule has 0 aliphatic carbocycles. The Balaban J connectivity index is 2.84. The summed E-state index contributed by atoms with van der Waals surface area (Å²) in [5.41, 5.74) is 0.460. The molecule has 0 saturated carbocycles. The van der Waals surface area contributed by atoms with Crippen molar-refractivity contribution in [2.45, 2.75) is 45.8 Å². The van der Waals surface area contributed by atoms with Gasteiger partial charge in [-0.05, 0) is 13.0 Å². The van der Waals surface area contributed by atoms with Crippen molar-refractivity contribution < 1.29 is 17.9 Å². The number of hydrogen-bond acceptors (Lipinski definition) is 4. The van der Waals surface area contributed by atoms with Crippen LogP contribution >= 0.6 is 0 Å². The highest BCUT2D eigenvalue weighted by Gasteiger charge is 2.29. The van der Waals surface area contributed by atoms with Gasteiger partial charge in [-0.15, -0.1) is 0 Å². The van der Waals surface area contributed by atoms with Crippen LogP contribution in [0.2, 0.25) is 0 Å². The summed E-state index contributed by atoms with van der Waals surface area (Å²) in [6, 6.07) is 0. The predicted molar refractivity (Wildman–Crippen MR) is 69.7 cm³/mol. The van der Waals surface area contributed by atoms with E-state index >= 15 is 0 Å². The highest BCUT2D eigenvalue weighted by molar-refractivity contribution is 5.25. The second-order valence-corrected chi connectivity index (χ2v) is 4.77. The van der Waals surface area contributed by atoms with Gasteiger partial charge in [0.25, 0.3) is 0 Å². The Morgan fingerprint density at radius 2 is 2.05 bits per heavy atom. The van der Waals surface area contributed by atoms with Crippen molar-refractivity contribution in [1.82, 2.24) is 15.3 Å². The molecule has 0 bridgehead atoms. The zero-order valence-electron chi connectivity index (χ0n) is 11.9. The number of nitrogens with one attached hydrogen (secondary N) is 1. The first-order valence-electron chi connectivity index (χ1n) is 6.59. The molecule has 0 fully saturated rings. The van der Waals surface area contributed by atoms with Crippen molar-refractivity contribution >= 4 is 0 Å². The van der Waals surface area contributed by atoms with Crippen molar-refractivity contribution in [1.29, 1.82) is 0 Å². The Morgan fingerprint density at radius 1 is 1.35 bits per heavy atom. The summed E-state index contributed by atoms with van der Waals surface area (Å²) in [5, 5.41) is 3.10. The number of ether oxygens (including phenoxy) is 1. The van der Waals surface area contributed by atoms with Crippen molar-refractivity contribution in [3.63, 3.8) is 0 Å². The van der Waals surface area contributed by atoms with Crippen LogP contribution in [-0.2, 0) is 6.54 Å². The Kier molecular flexibility index (Phi) is 6.19. The molecule has 1 heterocycles. The van der Waals surface area contributed by atoms with Crippen LogP contribution < -0.4 is 10.1 Å². The van der Waals surface area contributed by atoms with E-state index in [1.807, 2.05) is 20.8 Å². The van der Waals surface area contributed by atoms with Crippen molar-refractivity contribution in [2.75, 3.05) is 13.2 Å². The summed E-state index contributed by atoms with van der Waals surface area (Å²) in [6.45, 7) is 5.65. The highest BCUT2D eigenvalue weighted by atomic mass is 19.4. The van der Waals surface area contributed by atoms with Crippen LogP contribution in [0.25, 0.3) is 0 Å². The van der Waals surface area contributed by atoms with Crippen molar-refractivity contribution in [2.24, 2.45) is 0 Å². The van der Waals surface area contributed by atoms with E-state index in [0.717, 1.165) is 13.0 Å². The molecule has 0 unspecified atom stereocenters. The third-order valence-electron chi connectivity index (χ3n) is 2.47. The van der Waals surface area contributed by atoms with Crippen LogP contribution in [0.1, 0.15) is 44.6 Å². The van der Waals surface area contributed by atoms with Gasteiger partial charge in [0, 0.05) is 12.5 Å². The number of rotatable bonds is 7. The van der Waals surface area contributed by atoms with E-state index < -0.39 is 12.8 Å². The lowest BCUT2D eigenvalue weighted by Crippen LogP contribution is -2.22. The van der Waals surface area contributed by atoms with E-state index in [1.165, 1.54) is 6.20 Å². The van der Waals surface area contributed by atoms with Gasteiger partial charge in [0.2, 0.25) is 0 Å². The fourth-order valence-electron chi connectivity index (χ4n) is 1.49. The number of alkyl halides is 3. The minimum Gasteiger partial charge on any atom is -0.481 e. The molecule has 0 saturated heterocycles. The van der Waals surface area contributed by atoms with E-state index in [2.05, 4.69) is 15.3 Å². The topological polar surface area (TPSA) is 47.0 Å². The molecule has 114 valence electrons. The monoisotopic (exact) mass is 291 g/mol. The second kappa shape index (κ2) is 7.42. The fourth-order valence-corrected chi connectivity index (χ4v) is 1.49. The highest BCUT2D eigenvalue weighted by Crippen LogP contribution is 2.22. The Morgan fingerprint density at radius 3 is 2.60 bits per heavy atom. The van der Waals surface area contributed by atoms with Gasteiger partial charge in [0.15, 0.2) is 12.4 Å². The molecule has 0 aromatic carbocycles. The molecule has 0 spiro atoms. The first-order chi connectivity index (χ1) is 9.33. The maximum Gasteiger partial charge on any atom is 0.422 e. The third-order valence-corrected chi connectivity index (χ3v) is 2.47. The molecule has 1 aromatic heterocycles. The van der Waals surface area contributed by atoms with Gasteiger partial charge in [0.1, 0.15) is 5.82 Å². The van der Waals surface area contributed by atoms with E-state index in [9.17, 15) is 13.2 Å². The summed E-state index contributed by atoms with van der Waals surface area (Å²) < 4.78 is 41.4. The lowest BCUT2D eigenvalue weighted by molar-refractivity contribution is -0.153. The SMILES string of the molecule is CCCNCc1nc(C(C)C)ncc1OCC(F)(F)F. The molecule has 20 heavy (non-hydrogen) atoms. The summed E-state index contributed by atoms with van der Waals surface area (Å²) in [5.74, 6) is 0.782. The molecule has 0 aliphatic heterocycles. The van der Waals surface area contributed by atoms with E-state index in [-0.39, 0.29) is 11.7 Å². The van der Waals surface area contributed by atoms with Gasteiger partial charge in [-0.3, -0.25) is 0 Å². The van der Waals surface area contributed by atoms with E-state index in [4.69, 9.17) is 4.74 Å². The third kappa shape index (κ3) is 5.73. The van der Waals surface area contributed by atoms with Gasteiger partial charge < -0.3 is 10.1 Å². The first-order valence-corrected chi connectivity index (χ1v) is 6.59. The molecular weight excluding hydrogens is 271 g/mol. The molecule has 1 aromatic rings. The zero-order chi connectivity index (χ0) is 15.2. The van der Waals surface area contributed by atoms with Gasteiger partial charge in [-0.2, -0.15) is 13.2 Å². The van der Waals surface area contributed by atoms with Gasteiger partial charge in [-0.1, -0.05) is 20.8 Å².